The SMILES string of the molecule is Cc1ccc(N=Cc2cc3c(cc2Br)OCO3)c(Br)c1. The van der Waals surface area contributed by atoms with Gasteiger partial charge in [-0.15, -0.1) is 0 Å². The van der Waals surface area contributed by atoms with Crippen LogP contribution in [0.25, 0.3) is 0 Å². The van der Waals surface area contributed by atoms with Crippen LogP contribution >= 0.6 is 31.9 Å². The number of aryl methyl sites for hydroxylation is 1. The molecule has 0 fully saturated rings. The number of ether oxygens (including phenoxy) is 2. The predicted molar refractivity (Wildman–Crippen MR) is 86.4 cm³/mol. The van der Waals surface area contributed by atoms with Crippen LogP contribution in [0.15, 0.2) is 44.3 Å². The molecule has 0 spiro atoms. The van der Waals surface area contributed by atoms with E-state index in [9.17, 15) is 0 Å². The van der Waals surface area contributed by atoms with Crippen molar-refractivity contribution < 1.29 is 9.47 Å². The first-order valence-corrected chi connectivity index (χ1v) is 7.61. The molecule has 102 valence electrons. The Morgan fingerprint density at radius 2 is 1.80 bits per heavy atom. The van der Waals surface area contributed by atoms with Gasteiger partial charge in [0.05, 0.1) is 5.69 Å². The van der Waals surface area contributed by atoms with Gasteiger partial charge in [0.25, 0.3) is 0 Å². The van der Waals surface area contributed by atoms with Gasteiger partial charge in [-0.1, -0.05) is 6.07 Å². The summed E-state index contributed by atoms with van der Waals surface area (Å²) in [5, 5.41) is 0. The molecule has 0 amide bonds. The van der Waals surface area contributed by atoms with Gasteiger partial charge in [0, 0.05) is 20.7 Å². The summed E-state index contributed by atoms with van der Waals surface area (Å²) in [6.07, 6.45) is 1.81. The van der Waals surface area contributed by atoms with Crippen LogP contribution in [-0.2, 0) is 0 Å². The van der Waals surface area contributed by atoms with Gasteiger partial charge in [-0.05, 0) is 68.6 Å². The summed E-state index contributed by atoms with van der Waals surface area (Å²) in [5.74, 6) is 1.50. The maximum absolute atomic E-state index is 5.37. The Labute approximate surface area is 133 Å². The van der Waals surface area contributed by atoms with Crippen molar-refractivity contribution in [2.24, 2.45) is 4.99 Å². The van der Waals surface area contributed by atoms with Crippen molar-refractivity contribution in [3.63, 3.8) is 0 Å². The zero-order valence-corrected chi connectivity index (χ0v) is 13.9. The fraction of sp³-hybridized carbons (Fsp3) is 0.133. The van der Waals surface area contributed by atoms with E-state index in [0.717, 1.165) is 31.7 Å². The summed E-state index contributed by atoms with van der Waals surface area (Å²) < 4.78 is 12.6. The highest BCUT2D eigenvalue weighted by molar-refractivity contribution is 9.11. The molecule has 0 unspecified atom stereocenters. The molecule has 0 aromatic heterocycles. The molecule has 0 saturated heterocycles. The number of halogens is 2. The molecule has 0 radical (unpaired) electrons. The molecule has 3 nitrogen and oxygen atoms in total. The highest BCUT2D eigenvalue weighted by Crippen LogP contribution is 2.36. The first kappa shape index (κ1) is 13.6. The van der Waals surface area contributed by atoms with Crippen molar-refractivity contribution in [1.29, 1.82) is 0 Å². The smallest absolute Gasteiger partial charge is 0.231 e. The third-order valence-electron chi connectivity index (χ3n) is 2.94. The fourth-order valence-corrected chi connectivity index (χ4v) is 2.91. The molecule has 5 heteroatoms. The number of fused-ring (bicyclic) bond motifs is 1. The average Bonchev–Trinajstić information content (AvgIpc) is 2.84. The van der Waals surface area contributed by atoms with Crippen LogP contribution in [0.5, 0.6) is 11.5 Å². The minimum Gasteiger partial charge on any atom is -0.454 e. The fourth-order valence-electron chi connectivity index (χ4n) is 1.89. The van der Waals surface area contributed by atoms with Gasteiger partial charge in [-0.2, -0.15) is 0 Å². The van der Waals surface area contributed by atoms with Crippen LogP contribution in [0.4, 0.5) is 5.69 Å². The lowest BCUT2D eigenvalue weighted by Crippen LogP contribution is -1.92. The van der Waals surface area contributed by atoms with Crippen LogP contribution in [0, 0.1) is 6.92 Å². The third kappa shape index (κ3) is 2.74. The van der Waals surface area contributed by atoms with Crippen LogP contribution in [0.3, 0.4) is 0 Å². The molecule has 1 aliphatic heterocycles. The molecular weight excluding hydrogens is 386 g/mol. The van der Waals surface area contributed by atoms with E-state index in [4.69, 9.17) is 9.47 Å². The first-order chi connectivity index (χ1) is 9.63. The summed E-state index contributed by atoms with van der Waals surface area (Å²) in [5.41, 5.74) is 3.03. The summed E-state index contributed by atoms with van der Waals surface area (Å²) in [4.78, 5) is 4.51. The van der Waals surface area contributed by atoms with Crippen molar-refractivity contribution in [2.45, 2.75) is 6.92 Å². The number of hydrogen-bond acceptors (Lipinski definition) is 3. The van der Waals surface area contributed by atoms with E-state index in [2.05, 4.69) is 36.9 Å². The minimum absolute atomic E-state index is 0.270. The van der Waals surface area contributed by atoms with Crippen LogP contribution in [0.1, 0.15) is 11.1 Å². The minimum atomic E-state index is 0.270. The van der Waals surface area contributed by atoms with Crippen molar-refractivity contribution in [2.75, 3.05) is 6.79 Å². The van der Waals surface area contributed by atoms with Gasteiger partial charge in [-0.3, -0.25) is 4.99 Å². The van der Waals surface area contributed by atoms with Gasteiger partial charge in [-0.25, -0.2) is 0 Å². The molecule has 2 aromatic rings. The Morgan fingerprint density at radius 3 is 2.55 bits per heavy atom. The number of rotatable bonds is 2. The highest BCUT2D eigenvalue weighted by Gasteiger charge is 2.15. The van der Waals surface area contributed by atoms with Crippen molar-refractivity contribution in [1.82, 2.24) is 0 Å². The van der Waals surface area contributed by atoms with E-state index in [1.807, 2.05) is 43.5 Å². The summed E-state index contributed by atoms with van der Waals surface area (Å²) >= 11 is 7.03. The Kier molecular flexibility index (Phi) is 3.81. The predicted octanol–water partition coefficient (Wildman–Crippen LogP) is 5.00. The molecule has 0 atom stereocenters. The molecule has 0 aliphatic carbocycles. The summed E-state index contributed by atoms with van der Waals surface area (Å²) in [6.45, 7) is 2.32. The molecule has 3 rings (SSSR count). The van der Waals surface area contributed by atoms with Crippen LogP contribution in [-0.4, -0.2) is 13.0 Å². The van der Waals surface area contributed by atoms with E-state index in [1.54, 1.807) is 0 Å². The third-order valence-corrected chi connectivity index (χ3v) is 4.26. The number of aliphatic imine (C=N–C) groups is 1. The highest BCUT2D eigenvalue weighted by atomic mass is 79.9. The van der Waals surface area contributed by atoms with Crippen molar-refractivity contribution >= 4 is 43.8 Å². The zero-order valence-electron chi connectivity index (χ0n) is 10.7. The molecular formula is C15H11Br2NO2. The molecule has 0 N–H and O–H groups in total. The quantitative estimate of drug-likeness (QED) is 0.668. The Hall–Kier alpha value is -1.33. The number of benzene rings is 2. The van der Waals surface area contributed by atoms with Gasteiger partial charge < -0.3 is 9.47 Å². The maximum atomic E-state index is 5.37. The van der Waals surface area contributed by atoms with E-state index in [-0.39, 0.29) is 6.79 Å². The first-order valence-electron chi connectivity index (χ1n) is 6.03. The Balaban J connectivity index is 1.93. The van der Waals surface area contributed by atoms with Crippen LogP contribution < -0.4 is 9.47 Å². The summed E-state index contributed by atoms with van der Waals surface area (Å²) in [7, 11) is 0. The van der Waals surface area contributed by atoms with Crippen LogP contribution in [0.2, 0.25) is 0 Å². The summed E-state index contributed by atoms with van der Waals surface area (Å²) in [6, 6.07) is 9.87. The molecule has 20 heavy (non-hydrogen) atoms. The van der Waals surface area contributed by atoms with E-state index in [1.165, 1.54) is 5.56 Å². The Morgan fingerprint density at radius 1 is 1.05 bits per heavy atom. The maximum Gasteiger partial charge on any atom is 0.231 e. The molecule has 0 saturated carbocycles. The largest absolute Gasteiger partial charge is 0.454 e. The van der Waals surface area contributed by atoms with Crippen molar-refractivity contribution in [3.8, 4) is 11.5 Å². The van der Waals surface area contributed by atoms with Gasteiger partial charge in [0.15, 0.2) is 11.5 Å². The average molecular weight is 397 g/mol. The second-order valence-electron chi connectivity index (χ2n) is 4.44. The lowest BCUT2D eigenvalue weighted by Gasteiger charge is -2.03. The number of nitrogens with zero attached hydrogens (tertiary/aromatic N) is 1. The lowest BCUT2D eigenvalue weighted by atomic mass is 10.2. The van der Waals surface area contributed by atoms with Gasteiger partial charge in [0.1, 0.15) is 0 Å². The topological polar surface area (TPSA) is 30.8 Å². The second kappa shape index (κ2) is 5.58. The monoisotopic (exact) mass is 395 g/mol. The normalized spacial score (nSPS) is 13.2. The van der Waals surface area contributed by atoms with Crippen molar-refractivity contribution in [3.05, 3.63) is 50.4 Å². The molecule has 0 bridgehead atoms. The molecule has 2 aromatic carbocycles. The Bertz CT molecular complexity index is 699. The van der Waals surface area contributed by atoms with E-state index in [0.29, 0.717) is 0 Å². The lowest BCUT2D eigenvalue weighted by molar-refractivity contribution is 0.174. The zero-order chi connectivity index (χ0) is 14.1. The molecule has 1 aliphatic rings. The van der Waals surface area contributed by atoms with Gasteiger partial charge >= 0.3 is 0 Å². The number of hydrogen-bond donors (Lipinski definition) is 0. The van der Waals surface area contributed by atoms with E-state index < -0.39 is 0 Å². The standard InChI is InChI=1S/C15H11Br2NO2/c1-9-2-3-13(12(17)4-9)18-7-10-5-14-15(6-11(10)16)20-8-19-14/h2-7H,8H2,1H3. The van der Waals surface area contributed by atoms with E-state index >= 15 is 0 Å². The molecule has 1 heterocycles. The second-order valence-corrected chi connectivity index (χ2v) is 6.15. The van der Waals surface area contributed by atoms with Gasteiger partial charge in [0.2, 0.25) is 6.79 Å².